The summed E-state index contributed by atoms with van der Waals surface area (Å²) in [6.45, 7) is 1.62. The Balaban J connectivity index is 1.50. The highest BCUT2D eigenvalue weighted by molar-refractivity contribution is 7.20. The minimum atomic E-state index is -0.507. The smallest absolute Gasteiger partial charge is 0.348 e. The number of fused-ring (bicyclic) bond motifs is 1. The van der Waals surface area contributed by atoms with E-state index >= 15 is 0 Å². The summed E-state index contributed by atoms with van der Waals surface area (Å²) in [5, 5.41) is 8.90. The van der Waals surface area contributed by atoms with E-state index in [0.717, 1.165) is 47.3 Å². The number of nitrogens with one attached hydrogen (secondary N) is 1. The average Bonchev–Trinajstić information content (AvgIpc) is 3.39. The summed E-state index contributed by atoms with van der Waals surface area (Å²) in [7, 11) is 0. The van der Waals surface area contributed by atoms with Gasteiger partial charge in [0.25, 0.3) is 5.91 Å². The van der Waals surface area contributed by atoms with Gasteiger partial charge in [0.1, 0.15) is 9.71 Å². The minimum absolute atomic E-state index is 0.208. The van der Waals surface area contributed by atoms with Crippen molar-refractivity contribution in [1.82, 2.24) is 15.1 Å². The van der Waals surface area contributed by atoms with Crippen LogP contribution in [0.4, 0.5) is 0 Å². The van der Waals surface area contributed by atoms with Crippen LogP contribution in [0.1, 0.15) is 41.0 Å². The summed E-state index contributed by atoms with van der Waals surface area (Å²) in [4.78, 5) is 25.7. The highest BCUT2D eigenvalue weighted by Crippen LogP contribution is 2.32. The number of hydrogen-bond donors (Lipinski definition) is 1. The second-order valence-electron chi connectivity index (χ2n) is 6.90. The first-order valence-corrected chi connectivity index (χ1v) is 10.4. The molecule has 146 valence electrons. The molecule has 0 radical (unpaired) electrons. The van der Waals surface area contributed by atoms with Gasteiger partial charge in [0.2, 0.25) is 0 Å². The van der Waals surface area contributed by atoms with Crippen LogP contribution in [0.15, 0.2) is 30.3 Å². The molecule has 0 aliphatic heterocycles. The molecular formula is C20H20ClN3O3S. The highest BCUT2D eigenvalue weighted by Gasteiger charge is 2.21. The highest BCUT2D eigenvalue weighted by atomic mass is 35.5. The van der Waals surface area contributed by atoms with E-state index in [1.807, 2.05) is 25.1 Å². The van der Waals surface area contributed by atoms with E-state index in [0.29, 0.717) is 9.90 Å². The molecule has 1 amide bonds. The van der Waals surface area contributed by atoms with Crippen molar-refractivity contribution in [1.29, 1.82) is 0 Å². The third-order valence-corrected chi connectivity index (χ3v) is 6.29. The summed E-state index contributed by atoms with van der Waals surface area (Å²) in [5.41, 5.74) is 1.55. The first-order valence-electron chi connectivity index (χ1n) is 9.23. The lowest BCUT2D eigenvalue weighted by atomic mass is 10.2. The number of para-hydroxylation sites is 1. The van der Waals surface area contributed by atoms with Crippen LogP contribution in [0, 0.1) is 6.92 Å². The second kappa shape index (κ2) is 7.93. The van der Waals surface area contributed by atoms with Gasteiger partial charge >= 0.3 is 5.97 Å². The Hall–Kier alpha value is -2.38. The number of aromatic nitrogens is 2. The van der Waals surface area contributed by atoms with Gasteiger partial charge < -0.3 is 10.1 Å². The second-order valence-corrected chi connectivity index (χ2v) is 8.34. The van der Waals surface area contributed by atoms with Gasteiger partial charge in [0, 0.05) is 11.4 Å². The van der Waals surface area contributed by atoms with E-state index in [1.165, 1.54) is 11.3 Å². The van der Waals surface area contributed by atoms with Gasteiger partial charge in [0.05, 0.1) is 16.4 Å². The normalized spacial score (nSPS) is 14.5. The van der Waals surface area contributed by atoms with Gasteiger partial charge in [-0.1, -0.05) is 36.6 Å². The molecule has 0 atom stereocenters. The molecule has 1 saturated carbocycles. The third-order valence-electron chi connectivity index (χ3n) is 4.88. The molecule has 1 aromatic carbocycles. The number of carbonyl (C=O) groups excluding carboxylic acids is 2. The topological polar surface area (TPSA) is 73.2 Å². The van der Waals surface area contributed by atoms with Gasteiger partial charge in [-0.25, -0.2) is 9.48 Å². The van der Waals surface area contributed by atoms with E-state index in [4.69, 9.17) is 16.3 Å². The molecule has 1 N–H and O–H groups in total. The van der Waals surface area contributed by atoms with E-state index in [1.54, 1.807) is 16.8 Å². The van der Waals surface area contributed by atoms with Gasteiger partial charge in [0.15, 0.2) is 6.61 Å². The predicted octanol–water partition coefficient (Wildman–Crippen LogP) is 4.26. The minimum Gasteiger partial charge on any atom is -0.451 e. The fourth-order valence-electron chi connectivity index (χ4n) is 3.48. The molecule has 1 aliphatic carbocycles. The lowest BCUT2D eigenvalue weighted by molar-refractivity contribution is -0.124. The largest absolute Gasteiger partial charge is 0.451 e. The molecule has 0 unspecified atom stereocenters. The number of rotatable bonds is 5. The first-order chi connectivity index (χ1) is 13.5. The zero-order valence-electron chi connectivity index (χ0n) is 15.4. The third kappa shape index (κ3) is 3.77. The Morgan fingerprint density at radius 1 is 1.32 bits per heavy atom. The number of nitrogens with zero attached hydrogens (tertiary/aromatic N) is 2. The van der Waals surface area contributed by atoms with Crippen molar-refractivity contribution in [3.05, 3.63) is 45.9 Å². The van der Waals surface area contributed by atoms with Crippen LogP contribution in [-0.4, -0.2) is 34.3 Å². The van der Waals surface area contributed by atoms with Crippen molar-refractivity contribution in [2.45, 2.75) is 38.6 Å². The van der Waals surface area contributed by atoms with Crippen molar-refractivity contribution in [3.8, 4) is 5.69 Å². The molecule has 4 rings (SSSR count). The number of halogens is 1. The van der Waals surface area contributed by atoms with E-state index in [2.05, 4.69) is 10.4 Å². The molecule has 28 heavy (non-hydrogen) atoms. The van der Waals surface area contributed by atoms with Crippen LogP contribution in [0.5, 0.6) is 0 Å². The Bertz CT molecular complexity index is 1040. The Labute approximate surface area is 171 Å². The van der Waals surface area contributed by atoms with Gasteiger partial charge in [-0.2, -0.15) is 5.10 Å². The molecule has 3 aromatic rings. The number of aryl methyl sites for hydroxylation is 1. The molecule has 1 aliphatic rings. The van der Waals surface area contributed by atoms with Crippen LogP contribution < -0.4 is 5.32 Å². The average molecular weight is 418 g/mol. The number of thiophene rings is 1. The first kappa shape index (κ1) is 19.0. The van der Waals surface area contributed by atoms with Crippen molar-refractivity contribution >= 4 is 45.0 Å². The van der Waals surface area contributed by atoms with Gasteiger partial charge in [-0.15, -0.1) is 11.3 Å². The summed E-state index contributed by atoms with van der Waals surface area (Å²) in [6.07, 6.45) is 4.25. The van der Waals surface area contributed by atoms with Crippen LogP contribution in [-0.2, 0) is 9.53 Å². The fraction of sp³-hybridized carbons (Fsp3) is 0.350. The van der Waals surface area contributed by atoms with E-state index in [9.17, 15) is 9.59 Å². The lowest BCUT2D eigenvalue weighted by Crippen LogP contribution is -2.35. The van der Waals surface area contributed by atoms with Crippen LogP contribution in [0.3, 0.4) is 0 Å². The SMILES string of the molecule is Cc1nn(-c2ccccc2Cl)c2sc(C(=O)OCC(=O)NC3CCCC3)cc12. The Kier molecular flexibility index (Phi) is 5.37. The van der Waals surface area contributed by atoms with Crippen LogP contribution in [0.2, 0.25) is 5.02 Å². The van der Waals surface area contributed by atoms with Gasteiger partial charge in [-0.3, -0.25) is 4.79 Å². The van der Waals surface area contributed by atoms with Crippen LogP contribution in [0.25, 0.3) is 15.9 Å². The zero-order valence-corrected chi connectivity index (χ0v) is 17.0. The molecule has 6 nitrogen and oxygen atoms in total. The van der Waals surface area contributed by atoms with E-state index < -0.39 is 5.97 Å². The number of esters is 1. The maximum Gasteiger partial charge on any atom is 0.348 e. The number of amides is 1. The van der Waals surface area contributed by atoms with Crippen molar-refractivity contribution < 1.29 is 14.3 Å². The molecule has 2 heterocycles. The molecule has 8 heteroatoms. The summed E-state index contributed by atoms with van der Waals surface area (Å²) < 4.78 is 6.95. The predicted molar refractivity (Wildman–Crippen MR) is 109 cm³/mol. The molecular weight excluding hydrogens is 398 g/mol. The number of benzene rings is 1. The van der Waals surface area contributed by atoms with Crippen molar-refractivity contribution in [2.75, 3.05) is 6.61 Å². The molecule has 1 fully saturated rings. The number of hydrogen-bond acceptors (Lipinski definition) is 5. The fourth-order valence-corrected chi connectivity index (χ4v) is 4.76. The van der Waals surface area contributed by atoms with Crippen LogP contribution >= 0.6 is 22.9 Å². The summed E-state index contributed by atoms with van der Waals surface area (Å²) in [5.74, 6) is -0.757. The quantitative estimate of drug-likeness (QED) is 0.629. The van der Waals surface area contributed by atoms with Crippen molar-refractivity contribution in [2.24, 2.45) is 0 Å². The Morgan fingerprint density at radius 3 is 2.82 bits per heavy atom. The number of ether oxygens (including phenoxy) is 1. The molecule has 0 bridgehead atoms. The summed E-state index contributed by atoms with van der Waals surface area (Å²) >= 11 is 7.58. The lowest BCUT2D eigenvalue weighted by Gasteiger charge is -2.11. The maximum atomic E-state index is 12.4. The summed E-state index contributed by atoms with van der Waals surface area (Å²) in [6, 6.07) is 9.38. The zero-order chi connectivity index (χ0) is 19.7. The Morgan fingerprint density at radius 2 is 2.07 bits per heavy atom. The van der Waals surface area contributed by atoms with Crippen molar-refractivity contribution in [3.63, 3.8) is 0 Å². The maximum absolute atomic E-state index is 12.4. The standard InChI is InChI=1S/C20H20ClN3O3S/c1-12-14-10-17(20(26)27-11-18(25)22-13-6-2-3-7-13)28-19(14)24(23-12)16-9-5-4-8-15(16)21/h4-5,8-10,13H,2-3,6-7,11H2,1H3,(H,22,25). The van der Waals surface area contributed by atoms with Gasteiger partial charge in [-0.05, 0) is 38.0 Å². The monoisotopic (exact) mass is 417 g/mol. The molecule has 2 aromatic heterocycles. The van der Waals surface area contributed by atoms with E-state index in [-0.39, 0.29) is 18.6 Å². The molecule has 0 saturated heterocycles. The molecule has 0 spiro atoms. The number of carbonyl (C=O) groups is 2.